The first-order valence-corrected chi connectivity index (χ1v) is 6.99. The topological polar surface area (TPSA) is 59.8 Å². The van der Waals surface area contributed by atoms with Gasteiger partial charge in [-0.3, -0.25) is 4.79 Å². The van der Waals surface area contributed by atoms with E-state index in [4.69, 9.17) is 0 Å². The summed E-state index contributed by atoms with van der Waals surface area (Å²) in [6, 6.07) is 12.1. The van der Waals surface area contributed by atoms with E-state index in [1.54, 1.807) is 18.2 Å². The molecule has 23 heavy (non-hydrogen) atoms. The Morgan fingerprint density at radius 3 is 2.83 bits per heavy atom. The Morgan fingerprint density at radius 2 is 2.04 bits per heavy atom. The lowest BCUT2D eigenvalue weighted by Crippen LogP contribution is -2.03. The maximum absolute atomic E-state index is 14.3. The summed E-state index contributed by atoms with van der Waals surface area (Å²) in [6.45, 7) is 0. The van der Waals surface area contributed by atoms with Gasteiger partial charge < -0.3 is 5.32 Å². The first kappa shape index (κ1) is 13.4. The molecule has 3 aromatic rings. The average molecular weight is 306 g/mol. The first-order valence-electron chi connectivity index (χ1n) is 6.99. The minimum Gasteiger partial charge on any atom is -0.321 e. The van der Waals surface area contributed by atoms with Crippen LogP contribution in [0.3, 0.4) is 0 Å². The molecule has 1 aliphatic heterocycles. The third kappa shape index (κ3) is 2.30. The van der Waals surface area contributed by atoms with Crippen LogP contribution in [0.4, 0.5) is 10.1 Å². The van der Waals surface area contributed by atoms with Crippen LogP contribution in [0.2, 0.25) is 0 Å². The van der Waals surface area contributed by atoms with Crippen molar-refractivity contribution in [2.75, 3.05) is 5.32 Å². The molecular weight excluding hydrogens is 295 g/mol. The summed E-state index contributed by atoms with van der Waals surface area (Å²) < 4.78 is 15.6. The van der Waals surface area contributed by atoms with Gasteiger partial charge in [-0.05, 0) is 29.8 Å². The van der Waals surface area contributed by atoms with Crippen molar-refractivity contribution in [2.24, 2.45) is 0 Å². The maximum Gasteiger partial charge on any atom is 0.256 e. The van der Waals surface area contributed by atoms with Crippen LogP contribution in [0, 0.1) is 5.82 Å². The van der Waals surface area contributed by atoms with E-state index in [1.165, 1.54) is 23.4 Å². The number of anilines is 1. The summed E-state index contributed by atoms with van der Waals surface area (Å²) >= 11 is 0. The number of amides is 1. The molecule has 0 radical (unpaired) electrons. The van der Waals surface area contributed by atoms with Crippen molar-refractivity contribution >= 4 is 23.2 Å². The van der Waals surface area contributed by atoms with Crippen LogP contribution in [-0.2, 0) is 4.79 Å². The fraction of sp³-hybridized carbons (Fsp3) is 0. The highest BCUT2D eigenvalue weighted by molar-refractivity contribution is 6.34. The van der Waals surface area contributed by atoms with Gasteiger partial charge in [0.15, 0.2) is 0 Å². The molecule has 5 nitrogen and oxygen atoms in total. The number of rotatable bonds is 2. The molecule has 1 aliphatic rings. The average Bonchev–Trinajstić information content (AvgIpc) is 3.17. The molecule has 6 heteroatoms. The van der Waals surface area contributed by atoms with Crippen LogP contribution in [0.25, 0.3) is 17.3 Å². The Morgan fingerprint density at radius 1 is 1.17 bits per heavy atom. The van der Waals surface area contributed by atoms with Crippen LogP contribution >= 0.6 is 0 Å². The number of hydrogen-bond acceptors (Lipinski definition) is 3. The molecule has 0 bridgehead atoms. The maximum atomic E-state index is 14.3. The molecule has 4 rings (SSSR count). The van der Waals surface area contributed by atoms with E-state index in [0.29, 0.717) is 16.8 Å². The highest BCUT2D eigenvalue weighted by Crippen LogP contribution is 2.32. The lowest BCUT2D eigenvalue weighted by molar-refractivity contribution is -0.110. The predicted octanol–water partition coefficient (Wildman–Crippen LogP) is 2.90. The van der Waals surface area contributed by atoms with Crippen molar-refractivity contribution in [1.29, 1.82) is 0 Å². The normalized spacial score (nSPS) is 14.8. The predicted molar refractivity (Wildman–Crippen MR) is 84.3 cm³/mol. The lowest BCUT2D eigenvalue weighted by Gasteiger charge is -2.04. The van der Waals surface area contributed by atoms with E-state index in [9.17, 15) is 9.18 Å². The van der Waals surface area contributed by atoms with E-state index in [1.807, 2.05) is 24.3 Å². The third-order valence-corrected chi connectivity index (χ3v) is 3.66. The molecule has 1 amide bonds. The van der Waals surface area contributed by atoms with Gasteiger partial charge in [0.25, 0.3) is 5.91 Å². The van der Waals surface area contributed by atoms with Crippen molar-refractivity contribution in [1.82, 2.24) is 14.8 Å². The molecule has 0 spiro atoms. The molecule has 112 valence electrons. The summed E-state index contributed by atoms with van der Waals surface area (Å²) in [7, 11) is 0. The van der Waals surface area contributed by atoms with Gasteiger partial charge in [0.1, 0.15) is 24.2 Å². The number of halogens is 1. The molecule has 0 saturated heterocycles. The van der Waals surface area contributed by atoms with Gasteiger partial charge >= 0.3 is 0 Å². The summed E-state index contributed by atoms with van der Waals surface area (Å²) in [6.07, 6.45) is 4.45. The van der Waals surface area contributed by atoms with Gasteiger partial charge in [-0.25, -0.2) is 14.1 Å². The summed E-state index contributed by atoms with van der Waals surface area (Å²) in [4.78, 5) is 15.9. The molecule has 2 aromatic carbocycles. The highest BCUT2D eigenvalue weighted by atomic mass is 19.1. The van der Waals surface area contributed by atoms with Gasteiger partial charge in [-0.15, -0.1) is 0 Å². The highest BCUT2D eigenvalue weighted by Gasteiger charge is 2.23. The standard InChI is InChI=1S/C17H11FN4O/c18-14-8-11(5-6-16(14)22-10-19-9-20-22)7-13-12-3-1-2-4-15(12)21-17(13)23/h1-10H,(H,21,23)/b13-7+. The van der Waals surface area contributed by atoms with E-state index in [2.05, 4.69) is 15.4 Å². The number of para-hydroxylation sites is 1. The summed E-state index contributed by atoms with van der Waals surface area (Å²) in [5.74, 6) is -0.622. The molecule has 0 atom stereocenters. The number of fused-ring (bicyclic) bond motifs is 1. The van der Waals surface area contributed by atoms with E-state index < -0.39 is 5.82 Å². The second-order valence-electron chi connectivity index (χ2n) is 5.11. The van der Waals surface area contributed by atoms with E-state index in [-0.39, 0.29) is 5.91 Å². The SMILES string of the molecule is O=C1Nc2ccccc2/C1=C\c1ccc(-n2cncn2)c(F)c1. The van der Waals surface area contributed by atoms with Gasteiger partial charge in [0.2, 0.25) is 0 Å². The quantitative estimate of drug-likeness (QED) is 0.741. The number of nitrogens with one attached hydrogen (secondary N) is 1. The van der Waals surface area contributed by atoms with Gasteiger partial charge in [0.05, 0.1) is 0 Å². The zero-order valence-corrected chi connectivity index (χ0v) is 11.9. The van der Waals surface area contributed by atoms with Crippen LogP contribution in [-0.4, -0.2) is 20.7 Å². The monoisotopic (exact) mass is 306 g/mol. The minimum atomic E-state index is -0.434. The summed E-state index contributed by atoms with van der Waals surface area (Å²) in [5, 5.41) is 6.70. The molecule has 1 aromatic heterocycles. The van der Waals surface area contributed by atoms with Crippen molar-refractivity contribution in [3.63, 3.8) is 0 Å². The Hall–Kier alpha value is -3.28. The molecular formula is C17H11FN4O. The minimum absolute atomic E-state index is 0.188. The summed E-state index contributed by atoms with van der Waals surface area (Å²) in [5.41, 5.74) is 3.02. The first-order chi connectivity index (χ1) is 11.2. The number of carbonyl (C=O) groups excluding carboxylic acids is 1. The molecule has 1 N–H and O–H groups in total. The van der Waals surface area contributed by atoms with Crippen molar-refractivity contribution < 1.29 is 9.18 Å². The van der Waals surface area contributed by atoms with Crippen LogP contribution in [0.15, 0.2) is 55.1 Å². The van der Waals surface area contributed by atoms with Gasteiger partial charge in [-0.2, -0.15) is 5.10 Å². The van der Waals surface area contributed by atoms with Crippen molar-refractivity contribution in [3.05, 3.63) is 72.1 Å². The Bertz CT molecular complexity index is 932. The number of hydrogen-bond donors (Lipinski definition) is 1. The van der Waals surface area contributed by atoms with Crippen molar-refractivity contribution in [3.8, 4) is 5.69 Å². The second-order valence-corrected chi connectivity index (χ2v) is 5.11. The van der Waals surface area contributed by atoms with Crippen molar-refractivity contribution in [2.45, 2.75) is 0 Å². The van der Waals surface area contributed by atoms with Crippen LogP contribution in [0.5, 0.6) is 0 Å². The van der Waals surface area contributed by atoms with Crippen LogP contribution in [0.1, 0.15) is 11.1 Å². The van der Waals surface area contributed by atoms with Gasteiger partial charge in [-0.1, -0.05) is 24.3 Å². The Balaban J connectivity index is 1.75. The number of benzene rings is 2. The molecule has 0 unspecified atom stereocenters. The van der Waals surface area contributed by atoms with E-state index >= 15 is 0 Å². The Kier molecular flexibility index (Phi) is 3.01. The largest absolute Gasteiger partial charge is 0.321 e. The lowest BCUT2D eigenvalue weighted by atomic mass is 10.0. The fourth-order valence-corrected chi connectivity index (χ4v) is 2.58. The number of nitrogens with zero attached hydrogens (tertiary/aromatic N) is 3. The van der Waals surface area contributed by atoms with E-state index in [0.717, 1.165) is 11.3 Å². The third-order valence-electron chi connectivity index (χ3n) is 3.66. The molecule has 0 fully saturated rings. The fourth-order valence-electron chi connectivity index (χ4n) is 2.58. The van der Waals surface area contributed by atoms with Crippen LogP contribution < -0.4 is 5.32 Å². The smallest absolute Gasteiger partial charge is 0.256 e. The molecule has 0 aliphatic carbocycles. The zero-order valence-electron chi connectivity index (χ0n) is 11.9. The second kappa shape index (κ2) is 5.17. The zero-order chi connectivity index (χ0) is 15.8. The molecule has 0 saturated carbocycles. The number of aromatic nitrogens is 3. The Labute approximate surface area is 131 Å². The molecule has 2 heterocycles. The number of carbonyl (C=O) groups is 1. The van der Waals surface area contributed by atoms with Gasteiger partial charge in [0, 0.05) is 16.8 Å².